The van der Waals surface area contributed by atoms with Crippen LogP contribution in [-0.2, 0) is 22.2 Å². The van der Waals surface area contributed by atoms with Gasteiger partial charge in [-0.25, -0.2) is 0 Å². The molecule has 3 unspecified atom stereocenters. The zero-order chi connectivity index (χ0) is 24.0. The molecule has 0 aromatic heterocycles. The molecule has 0 radical (unpaired) electrons. The Morgan fingerprint density at radius 1 is 1.06 bits per heavy atom. The van der Waals surface area contributed by atoms with Crippen molar-refractivity contribution in [1.29, 1.82) is 0 Å². The van der Waals surface area contributed by atoms with Gasteiger partial charge in [0.2, 0.25) is 0 Å². The van der Waals surface area contributed by atoms with Crippen molar-refractivity contribution in [2.75, 3.05) is 12.4 Å². The summed E-state index contributed by atoms with van der Waals surface area (Å²) in [4.78, 5) is 13.0. The van der Waals surface area contributed by atoms with Gasteiger partial charge in [0.25, 0.3) is 0 Å². The molecule has 1 saturated heterocycles. The fourth-order valence-corrected chi connectivity index (χ4v) is 13.5. The van der Waals surface area contributed by atoms with E-state index in [0.717, 1.165) is 26.4 Å². The van der Waals surface area contributed by atoms with E-state index in [1.807, 2.05) is 68.4 Å². The predicted octanol–water partition coefficient (Wildman–Crippen LogP) is 5.40. The van der Waals surface area contributed by atoms with Gasteiger partial charge in [0, 0.05) is 0 Å². The maximum atomic E-state index is 13.5. The quantitative estimate of drug-likeness (QED) is 0.379. The molecule has 0 spiro atoms. The first-order valence-electron chi connectivity index (χ1n) is 11.8. The fraction of sp³-hybridized carbons (Fsp3) is 0.500. The summed E-state index contributed by atoms with van der Waals surface area (Å²) in [6, 6.07) is 17.0. The SMILES string of the molecule is CC1(C)C2CCC1(CS(=O)(=O)OI(c1ccccc1)c1cccc(OC3CCCO3)c1)C(=O)C2. The number of fused-ring (bicyclic) bond motifs is 2. The van der Waals surface area contributed by atoms with Crippen LogP contribution >= 0.6 is 20.2 Å². The van der Waals surface area contributed by atoms with Crippen molar-refractivity contribution in [2.24, 2.45) is 16.7 Å². The Morgan fingerprint density at radius 3 is 2.47 bits per heavy atom. The summed E-state index contributed by atoms with van der Waals surface area (Å²) in [6.45, 7) is 4.78. The average Bonchev–Trinajstić information content (AvgIpc) is 3.44. The minimum absolute atomic E-state index is 0.0768. The number of ketones is 1. The Hall–Kier alpha value is -1.49. The molecule has 0 amide bonds. The van der Waals surface area contributed by atoms with Crippen LogP contribution in [0.4, 0.5) is 0 Å². The molecule has 8 heteroatoms. The molecule has 6 nitrogen and oxygen atoms in total. The Labute approximate surface area is 209 Å². The summed E-state index contributed by atoms with van der Waals surface area (Å²) in [7, 11) is -3.96. The average molecular weight is 598 g/mol. The topological polar surface area (TPSA) is 78.9 Å². The Kier molecular flexibility index (Phi) is 6.54. The van der Waals surface area contributed by atoms with E-state index >= 15 is 0 Å². The minimum atomic E-state index is -3.96. The van der Waals surface area contributed by atoms with Crippen molar-refractivity contribution in [1.82, 2.24) is 0 Å². The van der Waals surface area contributed by atoms with E-state index in [4.69, 9.17) is 12.0 Å². The number of halogens is 1. The van der Waals surface area contributed by atoms with Gasteiger partial charge in [-0.3, -0.25) is 0 Å². The monoisotopic (exact) mass is 598 g/mol. The molecule has 2 aromatic carbocycles. The molecule has 1 heterocycles. The third kappa shape index (κ3) is 4.42. The molecule has 0 N–H and O–H groups in total. The first kappa shape index (κ1) is 24.2. The van der Waals surface area contributed by atoms with Gasteiger partial charge in [-0.1, -0.05) is 0 Å². The molecular formula is C26H31IO6S. The molecule has 184 valence electrons. The zero-order valence-corrected chi connectivity index (χ0v) is 22.5. The molecule has 5 rings (SSSR count). The molecule has 3 aliphatic rings. The second-order valence-electron chi connectivity index (χ2n) is 9.99. The van der Waals surface area contributed by atoms with Gasteiger partial charge in [0.05, 0.1) is 0 Å². The van der Waals surface area contributed by atoms with E-state index in [1.165, 1.54) is 0 Å². The molecule has 2 bridgehead atoms. The Morgan fingerprint density at radius 2 is 1.82 bits per heavy atom. The second kappa shape index (κ2) is 9.19. The summed E-state index contributed by atoms with van der Waals surface area (Å²) in [5.41, 5.74) is -1.18. The Balaban J connectivity index is 1.44. The number of benzene rings is 2. The third-order valence-electron chi connectivity index (χ3n) is 7.80. The molecule has 2 aromatic rings. The van der Waals surface area contributed by atoms with E-state index in [-0.39, 0.29) is 29.2 Å². The number of hydrogen-bond donors (Lipinski definition) is 0. The molecule has 3 fully saturated rings. The molecule has 34 heavy (non-hydrogen) atoms. The van der Waals surface area contributed by atoms with Gasteiger partial charge in [-0.2, -0.15) is 0 Å². The van der Waals surface area contributed by atoms with E-state index in [1.54, 1.807) is 0 Å². The number of Topliss-reactive ketones (excluding diaryl/α,β-unsaturated/α-hetero) is 1. The Bertz CT molecular complexity index is 1160. The second-order valence-corrected chi connectivity index (χ2v) is 16.5. The first-order valence-corrected chi connectivity index (χ1v) is 16.4. The number of carbonyl (C=O) groups is 1. The normalized spacial score (nSPS) is 28.3. The van der Waals surface area contributed by atoms with Crippen molar-refractivity contribution in [3.63, 3.8) is 0 Å². The van der Waals surface area contributed by atoms with Gasteiger partial charge in [0.1, 0.15) is 0 Å². The van der Waals surface area contributed by atoms with Crippen LogP contribution in [0.3, 0.4) is 0 Å². The van der Waals surface area contributed by atoms with Crippen molar-refractivity contribution < 1.29 is 25.2 Å². The number of hydrogen-bond acceptors (Lipinski definition) is 6. The summed E-state index contributed by atoms with van der Waals surface area (Å²) in [6.07, 6.45) is 3.53. The summed E-state index contributed by atoms with van der Waals surface area (Å²) < 4.78 is 46.4. The summed E-state index contributed by atoms with van der Waals surface area (Å²) >= 11 is -2.85. The zero-order valence-electron chi connectivity index (χ0n) is 19.5. The van der Waals surface area contributed by atoms with Crippen LogP contribution < -0.4 is 4.74 Å². The van der Waals surface area contributed by atoms with E-state index in [0.29, 0.717) is 25.2 Å². The number of carbonyl (C=O) groups excluding carboxylic acids is 1. The van der Waals surface area contributed by atoms with Crippen LogP contribution in [0.25, 0.3) is 0 Å². The standard InChI is InChI=1S/C26H31IO6S/c1-25(2)19-13-14-26(25,23(28)16-19)18-34(29,30)33-27(20-8-4-3-5-9-20)21-10-6-11-22(17-21)32-24-12-7-15-31-24/h3-6,8-11,17,19,24H,7,12-16,18H2,1-2H3. The predicted molar refractivity (Wildman–Crippen MR) is 137 cm³/mol. The fourth-order valence-electron chi connectivity index (χ4n) is 5.70. The van der Waals surface area contributed by atoms with E-state index in [2.05, 4.69) is 0 Å². The van der Waals surface area contributed by atoms with Crippen molar-refractivity contribution in [2.45, 2.75) is 52.2 Å². The van der Waals surface area contributed by atoms with Crippen LogP contribution in [0.15, 0.2) is 54.6 Å². The van der Waals surface area contributed by atoms with Crippen molar-refractivity contribution in [3.8, 4) is 5.75 Å². The number of ether oxygens (including phenoxy) is 2. The molecule has 2 saturated carbocycles. The molecule has 1 aliphatic heterocycles. The van der Waals surface area contributed by atoms with Gasteiger partial charge in [-0.15, -0.1) is 0 Å². The van der Waals surface area contributed by atoms with Crippen LogP contribution in [0.1, 0.15) is 46.0 Å². The van der Waals surface area contributed by atoms with Gasteiger partial charge < -0.3 is 0 Å². The van der Waals surface area contributed by atoms with Crippen LogP contribution in [-0.4, -0.2) is 32.9 Å². The number of rotatable bonds is 8. The van der Waals surface area contributed by atoms with Gasteiger partial charge >= 0.3 is 210 Å². The first-order chi connectivity index (χ1) is 16.2. The van der Waals surface area contributed by atoms with Crippen molar-refractivity contribution in [3.05, 3.63) is 61.7 Å². The molecule has 3 atom stereocenters. The van der Waals surface area contributed by atoms with Gasteiger partial charge in [0.15, 0.2) is 0 Å². The van der Waals surface area contributed by atoms with E-state index < -0.39 is 35.8 Å². The molecule has 2 aliphatic carbocycles. The van der Waals surface area contributed by atoms with Gasteiger partial charge in [-0.05, 0) is 0 Å². The van der Waals surface area contributed by atoms with Crippen LogP contribution in [0.5, 0.6) is 5.75 Å². The summed E-state index contributed by atoms with van der Waals surface area (Å²) in [5.74, 6) is 0.737. The summed E-state index contributed by atoms with van der Waals surface area (Å²) in [5, 5.41) is 0. The van der Waals surface area contributed by atoms with Crippen LogP contribution in [0.2, 0.25) is 0 Å². The van der Waals surface area contributed by atoms with E-state index in [9.17, 15) is 13.2 Å². The van der Waals surface area contributed by atoms with Crippen LogP contribution in [0, 0.1) is 23.9 Å². The van der Waals surface area contributed by atoms with Crippen molar-refractivity contribution >= 4 is 36.1 Å². The third-order valence-corrected chi connectivity index (χ3v) is 15.3. The maximum absolute atomic E-state index is 13.5. The molecular weight excluding hydrogens is 567 g/mol.